The van der Waals surface area contributed by atoms with Gasteiger partial charge in [-0.25, -0.2) is 0 Å². The van der Waals surface area contributed by atoms with Crippen LogP contribution in [0.5, 0.6) is 0 Å². The predicted octanol–water partition coefficient (Wildman–Crippen LogP) is 2.68. The molecular formula is C12H13ClN4. The van der Waals surface area contributed by atoms with Crippen molar-refractivity contribution in [2.45, 2.75) is 31.6 Å². The van der Waals surface area contributed by atoms with Crippen molar-refractivity contribution < 1.29 is 0 Å². The summed E-state index contributed by atoms with van der Waals surface area (Å²) in [4.78, 5) is 4.05. The molecule has 0 radical (unpaired) electrons. The number of rotatable bonds is 1. The van der Waals surface area contributed by atoms with E-state index in [4.69, 9.17) is 11.6 Å². The molecule has 2 aliphatic rings. The lowest BCUT2D eigenvalue weighted by atomic mass is 9.88. The minimum atomic E-state index is 0.545. The van der Waals surface area contributed by atoms with Gasteiger partial charge < -0.3 is 0 Å². The molecule has 88 valence electrons. The fourth-order valence-corrected chi connectivity index (χ4v) is 3.87. The molecular weight excluding hydrogens is 236 g/mol. The highest BCUT2D eigenvalue weighted by molar-refractivity contribution is 6.29. The zero-order valence-corrected chi connectivity index (χ0v) is 10.1. The van der Waals surface area contributed by atoms with E-state index in [1.165, 1.54) is 25.7 Å². The largest absolute Gasteiger partial charge is 0.266 e. The molecule has 4 nitrogen and oxygen atoms in total. The van der Waals surface area contributed by atoms with Crippen molar-refractivity contribution in [3.05, 3.63) is 23.4 Å². The first-order valence-corrected chi connectivity index (χ1v) is 6.55. The smallest absolute Gasteiger partial charge is 0.180 e. The molecule has 17 heavy (non-hydrogen) atoms. The lowest BCUT2D eigenvalue weighted by Gasteiger charge is -2.19. The minimum Gasteiger partial charge on any atom is -0.266 e. The van der Waals surface area contributed by atoms with Gasteiger partial charge in [-0.15, -0.1) is 10.2 Å². The standard InChI is InChI=1S/C12H13ClN4/c13-10-5-14-6-11-15-16-12(17(10)11)9-4-7-1-2-8(9)3-7/h5-9H,1-4H2. The second kappa shape index (κ2) is 3.42. The maximum Gasteiger partial charge on any atom is 0.180 e. The number of aromatic nitrogens is 4. The summed E-state index contributed by atoms with van der Waals surface area (Å²) in [5, 5.41) is 9.14. The van der Waals surface area contributed by atoms with Crippen LogP contribution < -0.4 is 0 Å². The van der Waals surface area contributed by atoms with E-state index in [2.05, 4.69) is 15.2 Å². The molecule has 0 aromatic carbocycles. The van der Waals surface area contributed by atoms with Gasteiger partial charge in [0.1, 0.15) is 11.0 Å². The molecule has 3 unspecified atom stereocenters. The maximum absolute atomic E-state index is 6.20. The molecule has 2 heterocycles. The molecule has 2 aliphatic carbocycles. The van der Waals surface area contributed by atoms with Crippen molar-refractivity contribution >= 4 is 17.2 Å². The van der Waals surface area contributed by atoms with Gasteiger partial charge >= 0.3 is 0 Å². The van der Waals surface area contributed by atoms with Crippen molar-refractivity contribution in [1.29, 1.82) is 0 Å². The molecule has 0 amide bonds. The van der Waals surface area contributed by atoms with Gasteiger partial charge in [0.25, 0.3) is 0 Å². The summed E-state index contributed by atoms with van der Waals surface area (Å²) in [5.41, 5.74) is 0.760. The van der Waals surface area contributed by atoms with Gasteiger partial charge in [0, 0.05) is 5.92 Å². The van der Waals surface area contributed by atoms with Crippen LogP contribution in [-0.4, -0.2) is 19.6 Å². The van der Waals surface area contributed by atoms with Gasteiger partial charge in [-0.3, -0.25) is 9.38 Å². The lowest BCUT2D eigenvalue weighted by Crippen LogP contribution is -2.12. The summed E-state index contributed by atoms with van der Waals surface area (Å²) in [5.74, 6) is 3.28. The third kappa shape index (κ3) is 1.33. The molecule has 5 heteroatoms. The van der Waals surface area contributed by atoms with Crippen LogP contribution in [0.25, 0.3) is 5.65 Å². The first-order valence-electron chi connectivity index (χ1n) is 6.17. The average molecular weight is 249 g/mol. The molecule has 0 spiro atoms. The zero-order valence-electron chi connectivity index (χ0n) is 9.38. The zero-order chi connectivity index (χ0) is 11.4. The quantitative estimate of drug-likeness (QED) is 0.779. The van der Waals surface area contributed by atoms with Gasteiger partial charge in [0.05, 0.1) is 12.4 Å². The summed E-state index contributed by atoms with van der Waals surface area (Å²) < 4.78 is 1.96. The molecule has 0 N–H and O–H groups in total. The highest BCUT2D eigenvalue weighted by Gasteiger charge is 2.42. The molecule has 2 fully saturated rings. The van der Waals surface area contributed by atoms with E-state index >= 15 is 0 Å². The van der Waals surface area contributed by atoms with E-state index in [1.54, 1.807) is 12.4 Å². The fourth-order valence-electron chi connectivity index (χ4n) is 3.64. The Kier molecular flexibility index (Phi) is 1.98. The molecule has 4 rings (SSSR count). The van der Waals surface area contributed by atoms with Crippen molar-refractivity contribution in [3.8, 4) is 0 Å². The van der Waals surface area contributed by atoms with Crippen LogP contribution in [0.15, 0.2) is 12.4 Å². The molecule has 0 saturated heterocycles. The number of fused-ring (bicyclic) bond motifs is 3. The number of hydrogen-bond donors (Lipinski definition) is 0. The monoisotopic (exact) mass is 248 g/mol. The van der Waals surface area contributed by atoms with Crippen LogP contribution in [0.2, 0.25) is 5.15 Å². The molecule has 2 aromatic rings. The Balaban J connectivity index is 1.86. The van der Waals surface area contributed by atoms with E-state index in [1.807, 2.05) is 4.40 Å². The summed E-state index contributed by atoms with van der Waals surface area (Å²) in [6.07, 6.45) is 8.73. The highest BCUT2D eigenvalue weighted by atomic mass is 35.5. The van der Waals surface area contributed by atoms with Crippen molar-refractivity contribution in [2.75, 3.05) is 0 Å². The Hall–Kier alpha value is -1.16. The molecule has 2 saturated carbocycles. The van der Waals surface area contributed by atoms with E-state index < -0.39 is 0 Å². The average Bonchev–Trinajstić information content (AvgIpc) is 3.03. The Morgan fingerprint density at radius 2 is 2.12 bits per heavy atom. The second-order valence-electron chi connectivity index (χ2n) is 5.26. The third-order valence-electron chi connectivity index (χ3n) is 4.37. The van der Waals surface area contributed by atoms with Crippen LogP contribution in [0.4, 0.5) is 0 Å². The van der Waals surface area contributed by atoms with Crippen molar-refractivity contribution in [2.24, 2.45) is 11.8 Å². The SMILES string of the molecule is Clc1cncc2nnc(C3CC4CCC3C4)n12. The Morgan fingerprint density at radius 1 is 1.18 bits per heavy atom. The number of nitrogens with zero attached hydrogens (tertiary/aromatic N) is 4. The van der Waals surface area contributed by atoms with Gasteiger partial charge in [-0.05, 0) is 31.1 Å². The molecule has 0 aliphatic heterocycles. The Morgan fingerprint density at radius 3 is 2.88 bits per heavy atom. The summed E-state index contributed by atoms with van der Waals surface area (Å²) >= 11 is 6.20. The van der Waals surface area contributed by atoms with Crippen LogP contribution >= 0.6 is 11.6 Å². The summed E-state index contributed by atoms with van der Waals surface area (Å²) in [6, 6.07) is 0. The van der Waals surface area contributed by atoms with E-state index in [0.29, 0.717) is 11.1 Å². The predicted molar refractivity (Wildman–Crippen MR) is 64.0 cm³/mol. The fraction of sp³-hybridized carbons (Fsp3) is 0.583. The van der Waals surface area contributed by atoms with Crippen LogP contribution in [0.1, 0.15) is 37.4 Å². The van der Waals surface area contributed by atoms with Crippen LogP contribution in [0.3, 0.4) is 0 Å². The Labute approximate surface area is 104 Å². The van der Waals surface area contributed by atoms with E-state index in [-0.39, 0.29) is 0 Å². The van der Waals surface area contributed by atoms with Gasteiger partial charge in [-0.1, -0.05) is 18.0 Å². The summed E-state index contributed by atoms with van der Waals surface area (Å²) in [6.45, 7) is 0. The molecule has 2 aromatic heterocycles. The second-order valence-corrected chi connectivity index (χ2v) is 5.65. The Bertz CT molecular complexity index is 579. The highest BCUT2D eigenvalue weighted by Crippen LogP contribution is 2.52. The van der Waals surface area contributed by atoms with Crippen LogP contribution in [0, 0.1) is 11.8 Å². The number of hydrogen-bond acceptors (Lipinski definition) is 3. The normalized spacial score (nSPS) is 31.5. The third-order valence-corrected chi connectivity index (χ3v) is 4.63. The van der Waals surface area contributed by atoms with Crippen molar-refractivity contribution in [3.63, 3.8) is 0 Å². The maximum atomic E-state index is 6.20. The molecule has 2 bridgehead atoms. The topological polar surface area (TPSA) is 43.1 Å². The lowest BCUT2D eigenvalue weighted by molar-refractivity contribution is 0.403. The van der Waals surface area contributed by atoms with Crippen molar-refractivity contribution in [1.82, 2.24) is 19.6 Å². The summed E-state index contributed by atoms with van der Waals surface area (Å²) in [7, 11) is 0. The molecule has 3 atom stereocenters. The van der Waals surface area contributed by atoms with Gasteiger partial charge in [-0.2, -0.15) is 0 Å². The van der Waals surface area contributed by atoms with Gasteiger partial charge in [0.2, 0.25) is 0 Å². The van der Waals surface area contributed by atoms with E-state index in [0.717, 1.165) is 23.3 Å². The first-order chi connectivity index (χ1) is 8.33. The number of halogens is 1. The van der Waals surface area contributed by atoms with Crippen LogP contribution in [-0.2, 0) is 0 Å². The van der Waals surface area contributed by atoms with Gasteiger partial charge in [0.15, 0.2) is 5.65 Å². The van der Waals surface area contributed by atoms with E-state index in [9.17, 15) is 0 Å². The first kappa shape index (κ1) is 9.83. The minimum absolute atomic E-state index is 0.545.